The Balaban J connectivity index is 1.57. The van der Waals surface area contributed by atoms with Gasteiger partial charge >= 0.3 is 0 Å². The molecule has 0 unspecified atom stereocenters. The second kappa shape index (κ2) is 6.79. The highest BCUT2D eigenvalue weighted by Gasteiger charge is 2.39. The number of hydrogen-bond acceptors (Lipinski definition) is 5. The number of benzene rings is 1. The van der Waals surface area contributed by atoms with Crippen LogP contribution in [0.15, 0.2) is 22.7 Å². The van der Waals surface area contributed by atoms with E-state index in [9.17, 15) is 0 Å². The molecule has 134 valence electrons. The van der Waals surface area contributed by atoms with Crippen LogP contribution in [0.4, 0.5) is 0 Å². The Kier molecular flexibility index (Phi) is 4.50. The van der Waals surface area contributed by atoms with E-state index in [-0.39, 0.29) is 5.60 Å². The maximum absolute atomic E-state index is 6.26. The zero-order valence-corrected chi connectivity index (χ0v) is 15.1. The SMILES string of the molecule is COC1(Cc2nc(-c3ccc(C)cc3OC3CCCC3)no2)CCC1. The minimum Gasteiger partial charge on any atom is -0.490 e. The molecule has 0 amide bonds. The van der Waals surface area contributed by atoms with Crippen molar-refractivity contribution < 1.29 is 14.0 Å². The highest BCUT2D eigenvalue weighted by atomic mass is 16.5. The molecule has 2 saturated carbocycles. The van der Waals surface area contributed by atoms with Gasteiger partial charge in [-0.1, -0.05) is 11.2 Å². The van der Waals surface area contributed by atoms with E-state index in [2.05, 4.69) is 29.2 Å². The number of ether oxygens (including phenoxy) is 2. The van der Waals surface area contributed by atoms with Crippen LogP contribution < -0.4 is 4.74 Å². The summed E-state index contributed by atoms with van der Waals surface area (Å²) in [6, 6.07) is 6.17. The third-order valence-electron chi connectivity index (χ3n) is 5.61. The van der Waals surface area contributed by atoms with E-state index in [4.69, 9.17) is 14.0 Å². The van der Waals surface area contributed by atoms with Crippen molar-refractivity contribution in [2.45, 2.75) is 70.0 Å². The molecule has 1 aromatic heterocycles. The first-order chi connectivity index (χ1) is 12.2. The number of rotatable bonds is 6. The van der Waals surface area contributed by atoms with Gasteiger partial charge in [0.25, 0.3) is 0 Å². The monoisotopic (exact) mass is 342 g/mol. The zero-order valence-electron chi connectivity index (χ0n) is 15.1. The standard InChI is InChI=1S/C20H26N2O3/c1-14-8-9-16(17(12-14)24-15-6-3-4-7-15)19-21-18(25-22-19)13-20(23-2)10-5-11-20/h8-9,12,15H,3-7,10-11,13H2,1-2H3. The molecular weight excluding hydrogens is 316 g/mol. The molecule has 0 saturated heterocycles. The minimum absolute atomic E-state index is 0.111. The smallest absolute Gasteiger partial charge is 0.229 e. The third-order valence-corrected chi connectivity index (χ3v) is 5.61. The molecular formula is C20H26N2O3. The molecule has 0 bridgehead atoms. The van der Waals surface area contributed by atoms with Gasteiger partial charge in [0.1, 0.15) is 5.75 Å². The van der Waals surface area contributed by atoms with E-state index < -0.39 is 0 Å². The fraction of sp³-hybridized carbons (Fsp3) is 0.600. The van der Waals surface area contributed by atoms with Gasteiger partial charge in [-0.15, -0.1) is 0 Å². The summed E-state index contributed by atoms with van der Waals surface area (Å²) in [7, 11) is 1.77. The summed E-state index contributed by atoms with van der Waals surface area (Å²) < 4.78 is 17.4. The molecule has 0 radical (unpaired) electrons. The van der Waals surface area contributed by atoms with Crippen LogP contribution in [0.1, 0.15) is 56.4 Å². The molecule has 2 fully saturated rings. The fourth-order valence-corrected chi connectivity index (χ4v) is 3.83. The summed E-state index contributed by atoms with van der Waals surface area (Å²) in [6.07, 6.45) is 9.05. The highest BCUT2D eigenvalue weighted by Crippen LogP contribution is 2.38. The number of aryl methyl sites for hydroxylation is 1. The molecule has 5 heteroatoms. The average molecular weight is 342 g/mol. The quantitative estimate of drug-likeness (QED) is 0.775. The summed E-state index contributed by atoms with van der Waals surface area (Å²) in [5, 5.41) is 4.21. The first-order valence-corrected chi connectivity index (χ1v) is 9.33. The van der Waals surface area contributed by atoms with Gasteiger partial charge in [0, 0.05) is 7.11 Å². The number of hydrogen-bond donors (Lipinski definition) is 0. The molecule has 0 aliphatic heterocycles. The lowest BCUT2D eigenvalue weighted by Gasteiger charge is -2.39. The number of methoxy groups -OCH3 is 1. The lowest BCUT2D eigenvalue weighted by molar-refractivity contribution is -0.0751. The van der Waals surface area contributed by atoms with Gasteiger partial charge in [-0.05, 0) is 69.6 Å². The van der Waals surface area contributed by atoms with Crippen LogP contribution in [-0.4, -0.2) is 29.0 Å². The predicted octanol–water partition coefficient (Wildman–Crippen LogP) is 4.48. The van der Waals surface area contributed by atoms with Crippen molar-refractivity contribution in [3.63, 3.8) is 0 Å². The van der Waals surface area contributed by atoms with E-state index in [1.165, 1.54) is 24.8 Å². The molecule has 25 heavy (non-hydrogen) atoms. The molecule has 2 aliphatic carbocycles. The Morgan fingerprint density at radius 1 is 1.20 bits per heavy atom. The Hall–Kier alpha value is -1.88. The molecule has 0 spiro atoms. The predicted molar refractivity (Wildman–Crippen MR) is 94.7 cm³/mol. The number of aromatic nitrogens is 2. The van der Waals surface area contributed by atoms with Crippen molar-refractivity contribution in [3.8, 4) is 17.1 Å². The van der Waals surface area contributed by atoms with E-state index in [1.54, 1.807) is 7.11 Å². The normalized spacial score (nSPS) is 19.8. The molecule has 2 aromatic rings. The van der Waals surface area contributed by atoms with Gasteiger partial charge < -0.3 is 14.0 Å². The van der Waals surface area contributed by atoms with E-state index in [0.717, 1.165) is 37.0 Å². The van der Waals surface area contributed by atoms with Crippen molar-refractivity contribution in [3.05, 3.63) is 29.7 Å². The van der Waals surface area contributed by atoms with Crippen LogP contribution in [0.25, 0.3) is 11.4 Å². The molecule has 0 N–H and O–H groups in total. The second-order valence-corrected chi connectivity index (χ2v) is 7.45. The van der Waals surface area contributed by atoms with E-state index in [1.807, 2.05) is 6.07 Å². The van der Waals surface area contributed by atoms with Gasteiger partial charge in [-0.3, -0.25) is 0 Å². The van der Waals surface area contributed by atoms with Crippen molar-refractivity contribution in [1.82, 2.24) is 10.1 Å². The Bertz CT molecular complexity index is 725. The van der Waals surface area contributed by atoms with Crippen LogP contribution in [0, 0.1) is 6.92 Å². The van der Waals surface area contributed by atoms with E-state index in [0.29, 0.717) is 24.2 Å². The maximum atomic E-state index is 6.26. The van der Waals surface area contributed by atoms with Gasteiger partial charge in [0.05, 0.1) is 23.7 Å². The average Bonchev–Trinajstić information content (AvgIpc) is 3.23. The third kappa shape index (κ3) is 3.43. The van der Waals surface area contributed by atoms with Crippen LogP contribution in [0.3, 0.4) is 0 Å². The van der Waals surface area contributed by atoms with Crippen LogP contribution in [-0.2, 0) is 11.2 Å². The summed E-state index contributed by atoms with van der Waals surface area (Å²) in [6.45, 7) is 2.08. The van der Waals surface area contributed by atoms with Crippen molar-refractivity contribution >= 4 is 0 Å². The van der Waals surface area contributed by atoms with Gasteiger partial charge in [-0.2, -0.15) is 4.98 Å². The summed E-state index contributed by atoms with van der Waals surface area (Å²) in [5.74, 6) is 2.11. The lowest BCUT2D eigenvalue weighted by atomic mass is 9.77. The zero-order chi connectivity index (χ0) is 17.3. The second-order valence-electron chi connectivity index (χ2n) is 7.45. The molecule has 1 heterocycles. The molecule has 5 nitrogen and oxygen atoms in total. The van der Waals surface area contributed by atoms with Crippen molar-refractivity contribution in [2.24, 2.45) is 0 Å². The minimum atomic E-state index is -0.111. The molecule has 2 aliphatic rings. The van der Waals surface area contributed by atoms with Crippen molar-refractivity contribution in [1.29, 1.82) is 0 Å². The first-order valence-electron chi connectivity index (χ1n) is 9.33. The summed E-state index contributed by atoms with van der Waals surface area (Å²) in [5.41, 5.74) is 1.97. The van der Waals surface area contributed by atoms with Gasteiger partial charge in [0.15, 0.2) is 0 Å². The lowest BCUT2D eigenvalue weighted by Crippen LogP contribution is -2.41. The topological polar surface area (TPSA) is 57.4 Å². The van der Waals surface area contributed by atoms with Crippen LogP contribution >= 0.6 is 0 Å². The Labute approximate surface area is 148 Å². The van der Waals surface area contributed by atoms with Crippen LogP contribution in [0.2, 0.25) is 0 Å². The molecule has 1 aromatic carbocycles. The summed E-state index contributed by atoms with van der Waals surface area (Å²) in [4.78, 5) is 4.62. The van der Waals surface area contributed by atoms with Gasteiger partial charge in [0.2, 0.25) is 11.7 Å². The first kappa shape index (κ1) is 16.6. The Morgan fingerprint density at radius 3 is 2.68 bits per heavy atom. The summed E-state index contributed by atoms with van der Waals surface area (Å²) >= 11 is 0. The Morgan fingerprint density at radius 2 is 2.00 bits per heavy atom. The molecule has 4 rings (SSSR count). The number of nitrogens with zero attached hydrogens (tertiary/aromatic N) is 2. The van der Waals surface area contributed by atoms with Crippen molar-refractivity contribution in [2.75, 3.05) is 7.11 Å². The fourth-order valence-electron chi connectivity index (χ4n) is 3.83. The van der Waals surface area contributed by atoms with Gasteiger partial charge in [-0.25, -0.2) is 0 Å². The maximum Gasteiger partial charge on any atom is 0.229 e. The van der Waals surface area contributed by atoms with Crippen LogP contribution in [0.5, 0.6) is 5.75 Å². The van der Waals surface area contributed by atoms with E-state index >= 15 is 0 Å². The largest absolute Gasteiger partial charge is 0.490 e. The molecule has 0 atom stereocenters. The highest BCUT2D eigenvalue weighted by molar-refractivity contribution is 5.64.